The Morgan fingerprint density at radius 3 is 2.38 bits per heavy atom. The number of amides is 2. The minimum absolute atomic E-state index is 0.000896. The highest BCUT2D eigenvalue weighted by Gasteiger charge is 2.36. The number of pyridine rings is 1. The summed E-state index contributed by atoms with van der Waals surface area (Å²) in [4.78, 5) is 43.2. The zero-order valence-corrected chi connectivity index (χ0v) is 24.0. The second-order valence-electron chi connectivity index (χ2n) is 10.0. The molecule has 2 N–H and O–H groups in total. The number of hydrogen-bond acceptors (Lipinski definition) is 5. The Hall–Kier alpha value is -4.12. The number of carbonyl (C=O) groups excluding carboxylic acids is 2. The predicted molar refractivity (Wildman–Crippen MR) is 157 cm³/mol. The third-order valence-electron chi connectivity index (χ3n) is 7.21. The Kier molecular flexibility index (Phi) is 8.06. The molecule has 0 unspecified atom stereocenters. The number of aromatic nitrogens is 1. The minimum atomic E-state index is -0.600. The smallest absolute Gasteiger partial charge is 0.259 e. The molecule has 1 heterocycles. The highest BCUT2D eigenvalue weighted by Crippen LogP contribution is 2.38. The summed E-state index contributed by atoms with van der Waals surface area (Å²) in [6.07, 6.45) is 2.09. The Morgan fingerprint density at radius 1 is 1.10 bits per heavy atom. The van der Waals surface area contributed by atoms with Gasteiger partial charge in [-0.25, -0.2) is 8.78 Å². The lowest BCUT2D eigenvalue weighted by Crippen LogP contribution is -2.35. The molecule has 4 rings (SSSR count). The minimum Gasteiger partial charge on any atom is -0.348 e. The molecule has 2 amide bonds. The van der Waals surface area contributed by atoms with Gasteiger partial charge in [0, 0.05) is 25.7 Å². The summed E-state index contributed by atoms with van der Waals surface area (Å²) >= 11 is 5.05. The molecule has 8 nitrogen and oxygen atoms in total. The number of aryl methyl sites for hydroxylation is 1. The second kappa shape index (κ2) is 11.2. The Bertz CT molecular complexity index is 1600. The van der Waals surface area contributed by atoms with Crippen LogP contribution in [0.3, 0.4) is 0 Å². The summed E-state index contributed by atoms with van der Waals surface area (Å²) in [7, 11) is 3.12. The van der Waals surface area contributed by atoms with Crippen LogP contribution in [-0.2, 0) is 11.8 Å². The van der Waals surface area contributed by atoms with Crippen LogP contribution in [0.15, 0.2) is 35.1 Å². The van der Waals surface area contributed by atoms with Crippen LogP contribution in [0.5, 0.6) is 0 Å². The van der Waals surface area contributed by atoms with Crippen molar-refractivity contribution in [2.24, 2.45) is 7.05 Å². The number of nitrogens with zero attached hydrogens (tertiary/aromatic N) is 3. The summed E-state index contributed by atoms with van der Waals surface area (Å²) in [5, 5.41) is 5.70. The topological polar surface area (TPSA) is 86.7 Å². The molecule has 40 heavy (non-hydrogen) atoms. The van der Waals surface area contributed by atoms with E-state index in [1.807, 2.05) is 0 Å². The Morgan fingerprint density at radius 2 is 1.77 bits per heavy atom. The van der Waals surface area contributed by atoms with Crippen LogP contribution in [0, 0.1) is 32.4 Å². The fourth-order valence-corrected chi connectivity index (χ4v) is 4.68. The van der Waals surface area contributed by atoms with Gasteiger partial charge in [-0.2, -0.15) is 0 Å². The Balaban J connectivity index is 2.01. The maximum absolute atomic E-state index is 15.3. The molecule has 11 heteroatoms. The number of hydrogen-bond donors (Lipinski definition) is 2. The number of thiocarbonyl (C=S) groups is 1. The van der Waals surface area contributed by atoms with E-state index in [1.54, 1.807) is 38.8 Å². The lowest BCUT2D eigenvalue weighted by atomic mass is 10.0. The maximum Gasteiger partial charge on any atom is 0.259 e. The number of anilines is 5. The molecule has 210 valence electrons. The molecule has 2 aromatic carbocycles. The van der Waals surface area contributed by atoms with Gasteiger partial charge in [0.1, 0.15) is 23.0 Å². The van der Waals surface area contributed by atoms with Crippen molar-refractivity contribution in [1.29, 1.82) is 0 Å². The highest BCUT2D eigenvalue weighted by molar-refractivity contribution is 7.80. The van der Waals surface area contributed by atoms with Crippen LogP contribution in [0.1, 0.15) is 46.8 Å². The van der Waals surface area contributed by atoms with Gasteiger partial charge in [0.15, 0.2) is 0 Å². The molecular weight excluding hydrogens is 536 g/mol. The van der Waals surface area contributed by atoms with E-state index in [4.69, 9.17) is 12.2 Å². The molecule has 0 atom stereocenters. The lowest BCUT2D eigenvalue weighted by molar-refractivity contribution is -0.106. The molecule has 1 aromatic heterocycles. The fourth-order valence-electron chi connectivity index (χ4n) is 4.57. The van der Waals surface area contributed by atoms with E-state index >= 15 is 4.39 Å². The van der Waals surface area contributed by atoms with Crippen molar-refractivity contribution in [3.05, 3.63) is 74.6 Å². The number of nitrogens with one attached hydrogen (secondary N) is 2. The van der Waals surface area contributed by atoms with Crippen molar-refractivity contribution < 1.29 is 18.4 Å². The van der Waals surface area contributed by atoms with E-state index in [0.29, 0.717) is 17.0 Å². The van der Waals surface area contributed by atoms with Crippen molar-refractivity contribution in [2.45, 2.75) is 46.6 Å². The van der Waals surface area contributed by atoms with Gasteiger partial charge < -0.3 is 15.5 Å². The largest absolute Gasteiger partial charge is 0.348 e. The van der Waals surface area contributed by atoms with Crippen molar-refractivity contribution in [2.75, 3.05) is 22.6 Å². The van der Waals surface area contributed by atoms with Gasteiger partial charge in [-0.05, 0) is 75.9 Å². The molecular formula is C29H31F2N5O3S. The summed E-state index contributed by atoms with van der Waals surface area (Å²) < 4.78 is 31.1. The quantitative estimate of drug-likeness (QED) is 0.272. The average molecular weight is 568 g/mol. The predicted octanol–water partition coefficient (Wildman–Crippen LogP) is 5.62. The van der Waals surface area contributed by atoms with Gasteiger partial charge in [0.25, 0.3) is 11.5 Å². The second-order valence-corrected chi connectivity index (χ2v) is 10.6. The van der Waals surface area contributed by atoms with Gasteiger partial charge in [0.05, 0.1) is 27.7 Å². The van der Waals surface area contributed by atoms with Gasteiger partial charge in [-0.3, -0.25) is 23.9 Å². The third kappa shape index (κ3) is 5.33. The van der Waals surface area contributed by atoms with Gasteiger partial charge in [0.2, 0.25) is 6.41 Å². The van der Waals surface area contributed by atoms with Gasteiger partial charge >= 0.3 is 0 Å². The summed E-state index contributed by atoms with van der Waals surface area (Å²) in [5.41, 5.74) is 1.06. The molecule has 0 bridgehead atoms. The first-order chi connectivity index (χ1) is 18.9. The molecule has 3 aromatic rings. The molecule has 1 aliphatic rings. The van der Waals surface area contributed by atoms with Crippen molar-refractivity contribution in [3.8, 4) is 0 Å². The maximum atomic E-state index is 15.3. The van der Waals surface area contributed by atoms with Crippen molar-refractivity contribution in [1.82, 2.24) is 9.47 Å². The molecule has 1 fully saturated rings. The summed E-state index contributed by atoms with van der Waals surface area (Å²) in [6.45, 7) is 6.50. The average Bonchev–Trinajstić information content (AvgIpc) is 3.76. The standard InChI is InChI=1S/C29H31F2N5O3S/c1-15-7-12-22(25(31)16(15)2)33-27-24(29(39)34(5)19-8-9-19)26(17(3)28(38)35(27)6)36(14-37)20-10-11-21(30)23(13-20)32-18(4)40/h7,10-14,19,33H,8-9H2,1-6H3,(H,32,40). The molecule has 1 aliphatic carbocycles. The first-order valence-electron chi connectivity index (χ1n) is 12.7. The van der Waals surface area contributed by atoms with Crippen LogP contribution in [0.4, 0.5) is 37.3 Å². The molecule has 0 aliphatic heterocycles. The zero-order valence-electron chi connectivity index (χ0n) is 23.2. The van der Waals surface area contributed by atoms with Crippen LogP contribution in [0.2, 0.25) is 0 Å². The lowest BCUT2D eigenvalue weighted by Gasteiger charge is -2.29. The first-order valence-corrected chi connectivity index (χ1v) is 13.1. The fraction of sp³-hybridized carbons (Fsp3) is 0.310. The van der Waals surface area contributed by atoms with Crippen LogP contribution in [0.25, 0.3) is 0 Å². The van der Waals surface area contributed by atoms with E-state index in [0.717, 1.165) is 29.4 Å². The molecule has 0 saturated heterocycles. The number of benzene rings is 2. The van der Waals surface area contributed by atoms with Gasteiger partial charge in [-0.1, -0.05) is 18.3 Å². The number of halogens is 2. The van der Waals surface area contributed by atoms with Crippen LogP contribution < -0.4 is 21.1 Å². The van der Waals surface area contributed by atoms with E-state index in [2.05, 4.69) is 10.6 Å². The van der Waals surface area contributed by atoms with E-state index in [-0.39, 0.29) is 45.7 Å². The number of rotatable bonds is 8. The SMILES string of the molecule is CC(=S)Nc1cc(N(C=O)c2c(C(=O)N(C)C3CC3)c(Nc3ccc(C)c(C)c3F)n(C)c(=O)c2C)ccc1F. The summed E-state index contributed by atoms with van der Waals surface area (Å²) in [5.74, 6) is -1.56. The van der Waals surface area contributed by atoms with Crippen LogP contribution in [-0.4, -0.2) is 39.9 Å². The van der Waals surface area contributed by atoms with E-state index in [9.17, 15) is 18.8 Å². The Labute approximate surface area is 236 Å². The van der Waals surface area contributed by atoms with Crippen molar-refractivity contribution >= 4 is 58.1 Å². The monoisotopic (exact) mass is 567 g/mol. The van der Waals surface area contributed by atoms with Gasteiger partial charge in [-0.15, -0.1) is 0 Å². The van der Waals surface area contributed by atoms with Crippen molar-refractivity contribution in [3.63, 3.8) is 0 Å². The normalized spacial score (nSPS) is 12.6. The zero-order chi connectivity index (χ0) is 29.5. The molecule has 0 radical (unpaired) electrons. The highest BCUT2D eigenvalue weighted by atomic mass is 32.1. The van der Waals surface area contributed by atoms with E-state index < -0.39 is 23.1 Å². The molecule has 0 spiro atoms. The first kappa shape index (κ1) is 28.9. The molecule has 1 saturated carbocycles. The number of carbonyl (C=O) groups is 2. The summed E-state index contributed by atoms with van der Waals surface area (Å²) in [6, 6.07) is 7.15. The van der Waals surface area contributed by atoms with Crippen LogP contribution >= 0.6 is 12.2 Å². The van der Waals surface area contributed by atoms with E-state index in [1.165, 1.54) is 36.7 Å². The third-order valence-corrected chi connectivity index (χ3v) is 7.32.